The summed E-state index contributed by atoms with van der Waals surface area (Å²) in [6.45, 7) is 3.51. The molecule has 0 aliphatic heterocycles. The number of hydrogen-bond donors (Lipinski definition) is 1. The van der Waals surface area contributed by atoms with E-state index in [4.69, 9.17) is 27.9 Å². The van der Waals surface area contributed by atoms with Gasteiger partial charge >= 0.3 is 5.97 Å². The highest BCUT2D eigenvalue weighted by molar-refractivity contribution is 8.00. The van der Waals surface area contributed by atoms with Crippen molar-refractivity contribution in [2.24, 2.45) is 0 Å². The van der Waals surface area contributed by atoms with Crippen LogP contribution in [0.25, 0.3) is 0 Å². The van der Waals surface area contributed by atoms with E-state index in [-0.39, 0.29) is 30.7 Å². The van der Waals surface area contributed by atoms with E-state index in [1.165, 1.54) is 12.1 Å². The molecule has 0 saturated carbocycles. The molecule has 0 radical (unpaired) electrons. The summed E-state index contributed by atoms with van der Waals surface area (Å²) in [5.74, 6) is 1.60. The predicted octanol–water partition coefficient (Wildman–Crippen LogP) is 6.10. The summed E-state index contributed by atoms with van der Waals surface area (Å²) in [7, 11) is 0. The van der Waals surface area contributed by atoms with Crippen molar-refractivity contribution < 1.29 is 18.7 Å². The van der Waals surface area contributed by atoms with E-state index in [0.29, 0.717) is 18.2 Å². The van der Waals surface area contributed by atoms with Crippen molar-refractivity contribution in [3.8, 4) is 0 Å². The first kappa shape index (κ1) is 28.8. The lowest BCUT2D eigenvalue weighted by Gasteiger charge is -2.19. The van der Waals surface area contributed by atoms with Crippen molar-refractivity contribution in [2.45, 2.75) is 55.0 Å². The van der Waals surface area contributed by atoms with Crippen LogP contribution < -0.4 is 5.32 Å². The van der Waals surface area contributed by atoms with E-state index in [1.54, 1.807) is 49.5 Å². The number of hydrogen-bond acceptors (Lipinski definition) is 5. The van der Waals surface area contributed by atoms with Gasteiger partial charge in [-0.3, -0.25) is 4.79 Å². The topological polar surface area (TPSA) is 55.4 Å². The zero-order valence-electron chi connectivity index (χ0n) is 19.3. The van der Waals surface area contributed by atoms with Crippen molar-refractivity contribution in [3.63, 3.8) is 0 Å². The van der Waals surface area contributed by atoms with Gasteiger partial charge in [-0.05, 0) is 61.7 Å². The first-order valence-corrected chi connectivity index (χ1v) is 14.1. The quantitative estimate of drug-likeness (QED) is 0.176. The molecule has 4 nitrogen and oxygen atoms in total. The number of alkyl halides is 2. The monoisotopic (exact) mass is 545 g/mol. The van der Waals surface area contributed by atoms with Gasteiger partial charge in [0.25, 0.3) is 0 Å². The number of carbonyl (C=O) groups excluding carboxylic acids is 2. The van der Waals surface area contributed by atoms with Crippen molar-refractivity contribution >= 4 is 58.6 Å². The Kier molecular flexibility index (Phi) is 13.2. The predicted molar refractivity (Wildman–Crippen MR) is 141 cm³/mol. The third kappa shape index (κ3) is 10.9. The molecule has 0 aromatic heterocycles. The van der Waals surface area contributed by atoms with Crippen LogP contribution in [-0.2, 0) is 27.2 Å². The number of thioether (sulfide) groups is 2. The lowest BCUT2D eigenvalue weighted by Crippen LogP contribution is -2.44. The summed E-state index contributed by atoms with van der Waals surface area (Å²) in [5, 5.41) is 2.80. The van der Waals surface area contributed by atoms with Gasteiger partial charge in [-0.2, -0.15) is 0 Å². The van der Waals surface area contributed by atoms with E-state index in [2.05, 4.69) is 23.5 Å². The Morgan fingerprint density at radius 2 is 1.56 bits per heavy atom. The van der Waals surface area contributed by atoms with Crippen LogP contribution in [0.2, 0.25) is 0 Å². The first-order chi connectivity index (χ1) is 16.3. The van der Waals surface area contributed by atoms with Gasteiger partial charge in [-0.25, -0.2) is 9.18 Å². The zero-order valence-corrected chi connectivity index (χ0v) is 22.5. The largest absolute Gasteiger partial charge is 0.461 e. The molecule has 2 aromatic rings. The fourth-order valence-corrected chi connectivity index (χ4v) is 5.20. The third-order valence-electron chi connectivity index (χ3n) is 4.60. The Labute approximate surface area is 219 Å². The van der Waals surface area contributed by atoms with E-state index in [9.17, 15) is 14.0 Å². The Balaban J connectivity index is 2.06. The number of halogens is 3. The molecule has 1 N–H and O–H groups in total. The summed E-state index contributed by atoms with van der Waals surface area (Å²) in [6.07, 6.45) is 0.662. The average molecular weight is 547 g/mol. The summed E-state index contributed by atoms with van der Waals surface area (Å²) in [4.78, 5) is 27.5. The molecule has 0 fully saturated rings. The van der Waals surface area contributed by atoms with Crippen molar-refractivity contribution in [1.29, 1.82) is 0 Å². The SMILES string of the molecule is CC(C)OC(=O)[C@H](Cc1ccc(F)cc1)NC(=O)CCc1cc(SCCCl)cc(SCCCl)c1. The minimum absolute atomic E-state index is 0.220. The molecule has 0 spiro atoms. The van der Waals surface area contributed by atoms with Crippen molar-refractivity contribution in [1.82, 2.24) is 5.32 Å². The molecule has 9 heteroatoms. The van der Waals surface area contributed by atoms with Gasteiger partial charge in [0.1, 0.15) is 11.9 Å². The van der Waals surface area contributed by atoms with Crippen LogP contribution in [0.15, 0.2) is 52.3 Å². The van der Waals surface area contributed by atoms with Gasteiger partial charge in [0.15, 0.2) is 0 Å². The number of rotatable bonds is 14. The highest BCUT2D eigenvalue weighted by Gasteiger charge is 2.23. The molecule has 186 valence electrons. The number of nitrogens with one attached hydrogen (secondary N) is 1. The molecule has 0 heterocycles. The second kappa shape index (κ2) is 15.6. The van der Waals surface area contributed by atoms with Crippen LogP contribution in [0, 0.1) is 5.82 Å². The minimum Gasteiger partial charge on any atom is -0.461 e. The number of benzene rings is 2. The van der Waals surface area contributed by atoms with Crippen LogP contribution in [-0.4, -0.2) is 47.3 Å². The van der Waals surface area contributed by atoms with Gasteiger partial charge in [-0.15, -0.1) is 46.7 Å². The molecule has 0 saturated heterocycles. The third-order valence-corrected chi connectivity index (χ3v) is 7.38. The molecule has 2 aromatic carbocycles. The zero-order chi connectivity index (χ0) is 24.9. The highest BCUT2D eigenvalue weighted by Crippen LogP contribution is 2.28. The van der Waals surface area contributed by atoms with E-state index in [1.807, 2.05) is 0 Å². The Morgan fingerprint density at radius 1 is 0.971 bits per heavy atom. The number of carbonyl (C=O) groups is 2. The molecule has 0 aliphatic rings. The summed E-state index contributed by atoms with van der Waals surface area (Å²) in [6, 6.07) is 11.3. The smallest absolute Gasteiger partial charge is 0.329 e. The van der Waals surface area contributed by atoms with Crippen molar-refractivity contribution in [2.75, 3.05) is 23.3 Å². The van der Waals surface area contributed by atoms with Crippen LogP contribution in [0.3, 0.4) is 0 Å². The van der Waals surface area contributed by atoms with E-state index in [0.717, 1.165) is 32.4 Å². The maximum absolute atomic E-state index is 13.2. The van der Waals surface area contributed by atoms with E-state index < -0.39 is 12.0 Å². The van der Waals surface area contributed by atoms with Crippen LogP contribution in [0.5, 0.6) is 0 Å². The fourth-order valence-electron chi connectivity index (χ4n) is 3.14. The Bertz CT molecular complexity index is 903. The van der Waals surface area contributed by atoms with Crippen LogP contribution >= 0.6 is 46.7 Å². The summed E-state index contributed by atoms with van der Waals surface area (Å²) >= 11 is 15.0. The van der Waals surface area contributed by atoms with E-state index >= 15 is 0 Å². The molecule has 1 amide bonds. The van der Waals surface area contributed by atoms with Gasteiger partial charge in [0.05, 0.1) is 6.10 Å². The highest BCUT2D eigenvalue weighted by atomic mass is 35.5. The number of amides is 1. The molecule has 0 aliphatic carbocycles. The Hall–Kier alpha value is -1.41. The lowest BCUT2D eigenvalue weighted by atomic mass is 10.0. The van der Waals surface area contributed by atoms with Gasteiger partial charge in [0, 0.05) is 45.9 Å². The molecular weight excluding hydrogens is 516 g/mol. The van der Waals surface area contributed by atoms with Crippen LogP contribution in [0.4, 0.5) is 4.39 Å². The number of esters is 1. The molecule has 0 unspecified atom stereocenters. The minimum atomic E-state index is -0.846. The lowest BCUT2D eigenvalue weighted by molar-refractivity contribution is -0.151. The number of aryl methyl sites for hydroxylation is 1. The average Bonchev–Trinajstić information content (AvgIpc) is 2.80. The molecular formula is C25H30Cl2FNO3S2. The Morgan fingerprint density at radius 3 is 2.09 bits per heavy atom. The maximum atomic E-state index is 13.2. The second-order valence-electron chi connectivity index (χ2n) is 7.82. The first-order valence-electron chi connectivity index (χ1n) is 11.1. The normalized spacial score (nSPS) is 11.9. The standard InChI is InChI=1S/C25H30Cl2FNO3S2/c1-17(2)32-25(31)23(15-18-3-6-20(28)7-4-18)29-24(30)8-5-19-13-21(33-11-9-26)16-22(14-19)34-12-10-27/h3-4,6-7,13-14,16-17,23H,5,8-12,15H2,1-2H3,(H,29,30)/t23-/m0/s1. The van der Waals surface area contributed by atoms with Crippen molar-refractivity contribution in [3.05, 3.63) is 59.4 Å². The summed E-state index contributed by atoms with van der Waals surface area (Å²) in [5.41, 5.74) is 1.77. The van der Waals surface area contributed by atoms with Crippen LogP contribution in [0.1, 0.15) is 31.4 Å². The van der Waals surface area contributed by atoms with Gasteiger partial charge < -0.3 is 10.1 Å². The summed E-state index contributed by atoms with van der Waals surface area (Å²) < 4.78 is 18.6. The fraction of sp³-hybridized carbons (Fsp3) is 0.440. The number of ether oxygens (including phenoxy) is 1. The molecule has 0 bridgehead atoms. The second-order valence-corrected chi connectivity index (χ2v) is 10.9. The molecule has 1 atom stereocenters. The maximum Gasteiger partial charge on any atom is 0.329 e. The van der Waals surface area contributed by atoms with Gasteiger partial charge in [0.2, 0.25) is 5.91 Å². The molecule has 34 heavy (non-hydrogen) atoms. The molecule has 2 rings (SSSR count). The van der Waals surface area contributed by atoms with Gasteiger partial charge in [-0.1, -0.05) is 12.1 Å².